The molecule has 1 unspecified atom stereocenters. The van der Waals surface area contributed by atoms with E-state index in [9.17, 15) is 13.2 Å². The molecule has 1 aliphatic rings. The second-order valence-electron chi connectivity index (χ2n) is 7.24. The second-order valence-corrected chi connectivity index (χ2v) is 9.62. The fourth-order valence-electron chi connectivity index (χ4n) is 3.46. The Morgan fingerprint density at radius 3 is 2.72 bits per heavy atom. The standard InChI is InChI=1S/C19H23ClN4O4S/c1-14-13-24(9-8-23(14)2,18-5-3-4-16(20)10-18)29(27,28)22-12-17-7-6-15(11-21-17)19(25)26/h3-7,10-11,14,22H,8-9,12-13H2,1-2H3/p+1/t14?,24-/m0/s1. The molecule has 2 atom stereocenters. The van der Waals surface area contributed by atoms with Gasteiger partial charge >= 0.3 is 16.2 Å². The number of rotatable bonds is 6. The Balaban J connectivity index is 1.91. The van der Waals surface area contributed by atoms with Crippen LogP contribution in [0.15, 0.2) is 42.6 Å². The van der Waals surface area contributed by atoms with Crippen molar-refractivity contribution < 1.29 is 18.3 Å². The fourth-order valence-corrected chi connectivity index (χ4v) is 5.35. The third-order valence-corrected chi connectivity index (χ3v) is 7.58. The average molecular weight is 440 g/mol. The van der Waals surface area contributed by atoms with Crippen molar-refractivity contribution in [3.63, 3.8) is 0 Å². The Labute approximate surface area is 175 Å². The highest BCUT2D eigenvalue weighted by atomic mass is 35.5. The molecule has 8 nitrogen and oxygen atoms in total. The number of aromatic nitrogens is 1. The van der Waals surface area contributed by atoms with Gasteiger partial charge in [0.25, 0.3) is 0 Å². The Hall–Kier alpha value is -2.04. The second kappa shape index (κ2) is 8.37. The molecular weight excluding hydrogens is 416 g/mol. The Kier molecular flexibility index (Phi) is 6.25. The van der Waals surface area contributed by atoms with Gasteiger partial charge < -0.3 is 5.11 Å². The number of carboxylic acid groups (broad SMARTS) is 1. The van der Waals surface area contributed by atoms with Gasteiger partial charge in [-0.3, -0.25) is 9.88 Å². The topological polar surface area (TPSA) is 99.6 Å². The molecule has 2 heterocycles. The monoisotopic (exact) mass is 439 g/mol. The molecule has 0 aliphatic carbocycles. The van der Waals surface area contributed by atoms with E-state index in [0.717, 1.165) is 0 Å². The van der Waals surface area contributed by atoms with Crippen molar-refractivity contribution >= 4 is 33.5 Å². The maximum Gasteiger partial charge on any atom is 0.375 e. The summed E-state index contributed by atoms with van der Waals surface area (Å²) < 4.78 is 29.4. The van der Waals surface area contributed by atoms with Crippen LogP contribution in [0.4, 0.5) is 5.69 Å². The zero-order valence-corrected chi connectivity index (χ0v) is 17.8. The number of hydrogen-bond acceptors (Lipinski definition) is 5. The van der Waals surface area contributed by atoms with E-state index < -0.39 is 16.2 Å². The number of pyridine rings is 1. The van der Waals surface area contributed by atoms with Gasteiger partial charge in [0.1, 0.15) is 13.1 Å². The van der Waals surface area contributed by atoms with Crippen molar-refractivity contribution in [2.75, 3.05) is 26.7 Å². The zero-order valence-electron chi connectivity index (χ0n) is 16.2. The Morgan fingerprint density at radius 2 is 2.14 bits per heavy atom. The minimum absolute atomic E-state index is 0.0347. The van der Waals surface area contributed by atoms with Crippen LogP contribution < -0.4 is 8.61 Å². The molecule has 1 aromatic heterocycles. The summed E-state index contributed by atoms with van der Waals surface area (Å²) in [6, 6.07) is 9.90. The number of quaternary nitrogens is 1. The summed E-state index contributed by atoms with van der Waals surface area (Å²) in [6.45, 7) is 3.32. The van der Waals surface area contributed by atoms with E-state index in [-0.39, 0.29) is 22.0 Å². The maximum absolute atomic E-state index is 13.5. The normalized spacial score (nSPS) is 23.1. The predicted octanol–water partition coefficient (Wildman–Crippen LogP) is 2.11. The summed E-state index contributed by atoms with van der Waals surface area (Å²) in [5.41, 5.74) is 1.09. The summed E-state index contributed by atoms with van der Waals surface area (Å²) in [4.78, 5) is 17.1. The van der Waals surface area contributed by atoms with Gasteiger partial charge in [0.05, 0.1) is 23.8 Å². The lowest BCUT2D eigenvalue weighted by molar-refractivity contribution is 0.0696. The molecule has 1 aliphatic heterocycles. The third kappa shape index (κ3) is 4.44. The van der Waals surface area contributed by atoms with Gasteiger partial charge in [-0.15, -0.1) is 0 Å². The molecule has 3 rings (SSSR count). The molecule has 0 spiro atoms. The van der Waals surface area contributed by atoms with Crippen LogP contribution in [0.2, 0.25) is 5.02 Å². The minimum atomic E-state index is -3.85. The van der Waals surface area contributed by atoms with Crippen LogP contribution in [0, 0.1) is 0 Å². The lowest BCUT2D eigenvalue weighted by Crippen LogP contribution is -2.68. The maximum atomic E-state index is 13.5. The highest BCUT2D eigenvalue weighted by Crippen LogP contribution is 2.32. The molecule has 2 N–H and O–H groups in total. The fraction of sp³-hybridized carbons (Fsp3) is 0.368. The summed E-state index contributed by atoms with van der Waals surface area (Å²) in [7, 11) is -1.87. The third-order valence-electron chi connectivity index (χ3n) is 5.37. The number of nitrogens with one attached hydrogen (secondary N) is 1. The minimum Gasteiger partial charge on any atom is -0.478 e. The van der Waals surface area contributed by atoms with E-state index in [0.29, 0.717) is 36.0 Å². The number of hydrogen-bond donors (Lipinski definition) is 2. The van der Waals surface area contributed by atoms with Crippen LogP contribution in [0.3, 0.4) is 0 Å². The van der Waals surface area contributed by atoms with Crippen molar-refractivity contribution in [3.8, 4) is 0 Å². The molecule has 1 aromatic carbocycles. The molecule has 0 saturated carbocycles. The van der Waals surface area contributed by atoms with E-state index in [1.165, 1.54) is 18.3 Å². The van der Waals surface area contributed by atoms with Crippen molar-refractivity contribution in [1.82, 2.24) is 18.5 Å². The summed E-state index contributed by atoms with van der Waals surface area (Å²) in [6.07, 6.45) is 1.21. The summed E-state index contributed by atoms with van der Waals surface area (Å²) in [5.74, 6) is -1.08. The smallest absolute Gasteiger partial charge is 0.375 e. The van der Waals surface area contributed by atoms with Gasteiger partial charge in [-0.1, -0.05) is 17.7 Å². The first-order valence-electron chi connectivity index (χ1n) is 9.16. The van der Waals surface area contributed by atoms with Gasteiger partial charge in [0.15, 0.2) is 5.69 Å². The molecule has 1 fully saturated rings. The van der Waals surface area contributed by atoms with Gasteiger partial charge in [0.2, 0.25) is 0 Å². The summed E-state index contributed by atoms with van der Waals surface area (Å²) in [5, 5.41) is 9.44. The van der Waals surface area contributed by atoms with E-state index in [4.69, 9.17) is 16.7 Å². The van der Waals surface area contributed by atoms with E-state index in [2.05, 4.69) is 14.6 Å². The number of carbonyl (C=O) groups is 1. The predicted molar refractivity (Wildman–Crippen MR) is 112 cm³/mol. The Morgan fingerprint density at radius 1 is 1.38 bits per heavy atom. The van der Waals surface area contributed by atoms with Gasteiger partial charge in [-0.25, -0.2) is 4.79 Å². The Bertz CT molecular complexity index is 1000. The molecule has 0 amide bonds. The number of aromatic carboxylic acids is 1. The lowest BCUT2D eigenvalue weighted by Gasteiger charge is -2.44. The molecule has 10 heteroatoms. The van der Waals surface area contributed by atoms with Crippen LogP contribution in [-0.4, -0.2) is 62.1 Å². The van der Waals surface area contributed by atoms with Gasteiger partial charge in [0, 0.05) is 29.9 Å². The van der Waals surface area contributed by atoms with E-state index in [1.54, 1.807) is 24.3 Å². The molecule has 0 bridgehead atoms. The molecular formula is C19H24ClN4O4S+. The number of likely N-dealkylation sites (N-methyl/N-ethyl adjacent to an activating group) is 1. The van der Waals surface area contributed by atoms with Crippen molar-refractivity contribution in [3.05, 3.63) is 58.9 Å². The lowest BCUT2D eigenvalue weighted by atomic mass is 10.2. The van der Waals surface area contributed by atoms with Crippen molar-refractivity contribution in [2.24, 2.45) is 0 Å². The number of piperazine rings is 1. The van der Waals surface area contributed by atoms with Crippen LogP contribution >= 0.6 is 11.6 Å². The number of halogens is 1. The van der Waals surface area contributed by atoms with Crippen molar-refractivity contribution in [2.45, 2.75) is 19.5 Å². The van der Waals surface area contributed by atoms with E-state index >= 15 is 0 Å². The average Bonchev–Trinajstić information content (AvgIpc) is 2.69. The first-order chi connectivity index (χ1) is 13.6. The first-order valence-corrected chi connectivity index (χ1v) is 11.0. The quantitative estimate of drug-likeness (QED) is 0.669. The van der Waals surface area contributed by atoms with E-state index in [1.807, 2.05) is 14.0 Å². The first kappa shape index (κ1) is 21.7. The van der Waals surface area contributed by atoms with Crippen LogP contribution in [-0.2, 0) is 16.8 Å². The molecule has 2 aromatic rings. The molecule has 156 valence electrons. The SMILES string of the molecule is CC1C[N@@+](c2cccc(Cl)c2)(S(=O)(=O)NCc2ccc(C(=O)O)cn2)CCN1C. The molecule has 1 saturated heterocycles. The van der Waals surface area contributed by atoms with Gasteiger partial charge in [-0.05, 0) is 32.2 Å². The van der Waals surface area contributed by atoms with Gasteiger partial charge in [-0.2, -0.15) is 17.0 Å². The highest BCUT2D eigenvalue weighted by molar-refractivity contribution is 7.89. The van der Waals surface area contributed by atoms with Crippen LogP contribution in [0.25, 0.3) is 0 Å². The number of benzene rings is 1. The largest absolute Gasteiger partial charge is 0.478 e. The number of carboxylic acids is 1. The highest BCUT2D eigenvalue weighted by Gasteiger charge is 2.48. The zero-order chi connectivity index (χ0) is 21.2. The van der Waals surface area contributed by atoms with Crippen LogP contribution in [0.1, 0.15) is 23.0 Å². The summed E-state index contributed by atoms with van der Waals surface area (Å²) >= 11 is 6.16. The molecule has 0 radical (unpaired) electrons. The molecule has 29 heavy (non-hydrogen) atoms. The number of nitrogens with zero attached hydrogens (tertiary/aromatic N) is 3. The van der Waals surface area contributed by atoms with Crippen molar-refractivity contribution in [1.29, 1.82) is 0 Å². The van der Waals surface area contributed by atoms with Crippen LogP contribution in [0.5, 0.6) is 0 Å².